The monoisotopic (exact) mass is 612 g/mol. The average Bonchev–Trinajstić information content (AvgIpc) is 3.76. The Labute approximate surface area is 265 Å². The number of carbonyl (C=O) groups excluding carboxylic acids is 2. The number of halogens is 1. The molecule has 4 aliphatic rings. The zero-order chi connectivity index (χ0) is 30.9. The number of imidazole rings is 1. The molecule has 4 heterocycles. The molecule has 1 aliphatic carbocycles. The number of anilines is 2. The van der Waals surface area contributed by atoms with Crippen LogP contribution in [-0.2, 0) is 17.8 Å². The summed E-state index contributed by atoms with van der Waals surface area (Å²) in [5, 5.41) is 2.94. The van der Waals surface area contributed by atoms with Crippen LogP contribution in [0.15, 0.2) is 54.6 Å². The fourth-order valence-electron chi connectivity index (χ4n) is 8.56. The summed E-state index contributed by atoms with van der Waals surface area (Å²) >= 11 is 0. The lowest BCUT2D eigenvalue weighted by Gasteiger charge is -2.41. The van der Waals surface area contributed by atoms with Gasteiger partial charge in [-0.15, -0.1) is 0 Å². The van der Waals surface area contributed by atoms with E-state index in [-0.39, 0.29) is 17.8 Å². The Morgan fingerprint density at radius 2 is 1.67 bits per heavy atom. The molecule has 9 heteroatoms. The molecule has 2 aromatic carbocycles. The molecule has 3 aliphatic heterocycles. The van der Waals surface area contributed by atoms with Gasteiger partial charge in [0, 0.05) is 67.2 Å². The van der Waals surface area contributed by atoms with Crippen LogP contribution in [0.25, 0.3) is 0 Å². The van der Waals surface area contributed by atoms with Gasteiger partial charge in [0.1, 0.15) is 11.6 Å². The molecule has 0 spiro atoms. The van der Waals surface area contributed by atoms with Gasteiger partial charge >= 0.3 is 6.03 Å². The largest absolute Gasteiger partial charge is 0.336 e. The van der Waals surface area contributed by atoms with Crippen molar-refractivity contribution in [1.82, 2.24) is 19.4 Å². The summed E-state index contributed by atoms with van der Waals surface area (Å²) < 4.78 is 15.9. The molecule has 1 saturated carbocycles. The number of benzene rings is 2. The minimum absolute atomic E-state index is 0.210. The highest BCUT2D eigenvalue weighted by molar-refractivity contribution is 6.01. The summed E-state index contributed by atoms with van der Waals surface area (Å²) in [5.41, 5.74) is 3.89. The standard InChI is InChI=1S/C36H45FN6O2/c1-25-38-33-24-40(35(44)26-8-5-6-9-26)21-18-34(33)43(25)32-22-30-16-17-31(23-32)41(30)19-7-20-42(29-10-3-2-4-11-29)36(45)39-28-14-12-27(37)13-15-28/h2-4,10-15,26,30-32H,5-9,16-24H2,1H3,(H,39,45)/t30-,31-/m1/s1. The molecule has 3 fully saturated rings. The Bertz CT molecular complexity index is 1490. The van der Waals surface area contributed by atoms with Crippen molar-refractivity contribution in [2.24, 2.45) is 5.92 Å². The first-order valence-corrected chi connectivity index (χ1v) is 16.9. The number of hydrogen-bond acceptors (Lipinski definition) is 4. The zero-order valence-corrected chi connectivity index (χ0v) is 26.3. The normalized spacial score (nSPS) is 23.2. The number of aryl methyl sites for hydroxylation is 1. The van der Waals surface area contributed by atoms with E-state index in [9.17, 15) is 14.0 Å². The third kappa shape index (κ3) is 6.24. The number of nitrogens with zero attached hydrogens (tertiary/aromatic N) is 5. The lowest BCUT2D eigenvalue weighted by molar-refractivity contribution is -0.136. The Hall–Kier alpha value is -3.72. The number of aromatic nitrogens is 2. The number of piperidine rings is 1. The summed E-state index contributed by atoms with van der Waals surface area (Å²) in [6.07, 6.45) is 10.9. The topological polar surface area (TPSA) is 73.7 Å². The van der Waals surface area contributed by atoms with E-state index in [1.165, 1.54) is 43.5 Å². The first kappa shape index (κ1) is 30.0. The molecule has 1 aromatic heterocycles. The Morgan fingerprint density at radius 1 is 0.956 bits per heavy atom. The minimum Gasteiger partial charge on any atom is -0.336 e. The Balaban J connectivity index is 0.979. The molecule has 0 unspecified atom stereocenters. The number of fused-ring (bicyclic) bond motifs is 3. The summed E-state index contributed by atoms with van der Waals surface area (Å²) in [6.45, 7) is 5.17. The van der Waals surface area contributed by atoms with E-state index in [4.69, 9.17) is 4.98 Å². The van der Waals surface area contributed by atoms with Crippen molar-refractivity contribution < 1.29 is 14.0 Å². The maximum atomic E-state index is 13.4. The number of carbonyl (C=O) groups is 2. The zero-order valence-electron chi connectivity index (χ0n) is 26.3. The highest BCUT2D eigenvalue weighted by Gasteiger charge is 2.42. The molecule has 45 heavy (non-hydrogen) atoms. The van der Waals surface area contributed by atoms with Crippen molar-refractivity contribution in [2.75, 3.05) is 29.9 Å². The van der Waals surface area contributed by atoms with Gasteiger partial charge in [-0.1, -0.05) is 31.0 Å². The van der Waals surface area contributed by atoms with Gasteiger partial charge in [0.15, 0.2) is 0 Å². The lowest BCUT2D eigenvalue weighted by Crippen LogP contribution is -2.45. The third-order valence-corrected chi connectivity index (χ3v) is 10.7. The van der Waals surface area contributed by atoms with Crippen LogP contribution >= 0.6 is 0 Å². The van der Waals surface area contributed by atoms with E-state index in [0.717, 1.165) is 68.8 Å². The van der Waals surface area contributed by atoms with Crippen LogP contribution in [0.3, 0.4) is 0 Å². The van der Waals surface area contributed by atoms with E-state index in [1.807, 2.05) is 30.3 Å². The molecule has 3 aromatic rings. The summed E-state index contributed by atoms with van der Waals surface area (Å²) in [7, 11) is 0. The molecule has 7 rings (SSSR count). The predicted octanol–water partition coefficient (Wildman–Crippen LogP) is 6.70. The SMILES string of the molecule is Cc1nc2c(n1C1C[C@H]3CC[C@H](C1)N3CCCN(C(=O)Nc1ccc(F)cc1)c1ccccc1)CCN(C(=O)C1CCCC1)C2. The molecular weight excluding hydrogens is 567 g/mol. The van der Waals surface area contributed by atoms with Crippen molar-refractivity contribution in [3.05, 3.63) is 77.6 Å². The Morgan fingerprint density at radius 3 is 2.38 bits per heavy atom. The second-order valence-electron chi connectivity index (χ2n) is 13.4. The average molecular weight is 613 g/mol. The third-order valence-electron chi connectivity index (χ3n) is 10.7. The first-order valence-electron chi connectivity index (χ1n) is 16.9. The number of urea groups is 1. The molecule has 0 radical (unpaired) electrons. The second kappa shape index (κ2) is 12.9. The van der Waals surface area contributed by atoms with Gasteiger partial charge in [0.25, 0.3) is 0 Å². The quantitative estimate of drug-likeness (QED) is 0.307. The van der Waals surface area contributed by atoms with Gasteiger partial charge in [-0.2, -0.15) is 0 Å². The van der Waals surface area contributed by atoms with Crippen LogP contribution in [0.4, 0.5) is 20.6 Å². The smallest absolute Gasteiger partial charge is 0.326 e. The summed E-state index contributed by atoms with van der Waals surface area (Å²) in [4.78, 5) is 38.0. The molecule has 1 N–H and O–H groups in total. The second-order valence-corrected chi connectivity index (χ2v) is 13.4. The van der Waals surface area contributed by atoms with Crippen LogP contribution in [0, 0.1) is 18.7 Å². The number of rotatable bonds is 8. The van der Waals surface area contributed by atoms with Crippen LogP contribution in [0.5, 0.6) is 0 Å². The fraction of sp³-hybridized carbons (Fsp3) is 0.528. The van der Waals surface area contributed by atoms with Crippen molar-refractivity contribution in [2.45, 2.75) is 95.8 Å². The number of amides is 3. The highest BCUT2D eigenvalue weighted by Crippen LogP contribution is 2.42. The van der Waals surface area contributed by atoms with Crippen LogP contribution < -0.4 is 10.2 Å². The maximum Gasteiger partial charge on any atom is 0.326 e. The van der Waals surface area contributed by atoms with Crippen LogP contribution in [0.2, 0.25) is 0 Å². The van der Waals surface area contributed by atoms with Crippen molar-refractivity contribution in [3.8, 4) is 0 Å². The highest BCUT2D eigenvalue weighted by atomic mass is 19.1. The molecule has 2 bridgehead atoms. The van der Waals surface area contributed by atoms with E-state index in [2.05, 4.69) is 26.6 Å². The van der Waals surface area contributed by atoms with Gasteiger partial charge in [-0.05, 0) is 88.3 Å². The molecule has 3 amide bonds. The number of nitrogens with one attached hydrogen (secondary N) is 1. The summed E-state index contributed by atoms with van der Waals surface area (Å²) in [6, 6.07) is 17.0. The lowest BCUT2D eigenvalue weighted by atomic mass is 9.95. The molecule has 238 valence electrons. The molecule has 8 nitrogen and oxygen atoms in total. The van der Waals surface area contributed by atoms with Crippen LogP contribution in [0.1, 0.15) is 81.0 Å². The molecular formula is C36H45FN6O2. The van der Waals surface area contributed by atoms with Gasteiger partial charge in [0.2, 0.25) is 5.91 Å². The first-order chi connectivity index (χ1) is 21.9. The Kier molecular flexibility index (Phi) is 8.62. The van der Waals surface area contributed by atoms with Crippen molar-refractivity contribution in [3.63, 3.8) is 0 Å². The van der Waals surface area contributed by atoms with Gasteiger partial charge in [0.05, 0.1) is 12.2 Å². The van der Waals surface area contributed by atoms with Gasteiger partial charge in [-0.3, -0.25) is 14.6 Å². The van der Waals surface area contributed by atoms with E-state index < -0.39 is 0 Å². The van der Waals surface area contributed by atoms with Crippen molar-refractivity contribution in [1.29, 1.82) is 0 Å². The van der Waals surface area contributed by atoms with Gasteiger partial charge < -0.3 is 14.8 Å². The van der Waals surface area contributed by atoms with E-state index in [0.29, 0.717) is 42.8 Å². The molecule has 2 atom stereocenters. The fourth-order valence-corrected chi connectivity index (χ4v) is 8.56. The van der Waals surface area contributed by atoms with E-state index in [1.54, 1.807) is 17.0 Å². The van der Waals surface area contributed by atoms with E-state index >= 15 is 0 Å². The minimum atomic E-state index is -0.327. The van der Waals surface area contributed by atoms with Crippen molar-refractivity contribution >= 4 is 23.3 Å². The predicted molar refractivity (Wildman–Crippen MR) is 174 cm³/mol. The number of para-hydroxylation sites is 1. The molecule has 2 saturated heterocycles. The van der Waals surface area contributed by atoms with Gasteiger partial charge in [-0.25, -0.2) is 14.2 Å². The maximum absolute atomic E-state index is 13.4. The number of hydrogen-bond donors (Lipinski definition) is 1. The van der Waals surface area contributed by atoms with Crippen LogP contribution in [-0.4, -0.2) is 63.0 Å². The summed E-state index contributed by atoms with van der Waals surface area (Å²) in [5.74, 6) is 1.33.